The number of urea groups is 1. The lowest BCUT2D eigenvalue weighted by atomic mass is 9.84. The first kappa shape index (κ1) is 13.9. The van der Waals surface area contributed by atoms with E-state index in [1.54, 1.807) is 31.6 Å². The van der Waals surface area contributed by atoms with Crippen molar-refractivity contribution in [2.75, 3.05) is 11.9 Å². The van der Waals surface area contributed by atoms with Gasteiger partial charge < -0.3 is 10.4 Å². The fraction of sp³-hybridized carbons (Fsp3) is 0.533. The SMILES string of the molecule is CN(C(=O)NC1C2CCC(C2)C1C(=O)O)c1cccnc1. The van der Waals surface area contributed by atoms with Gasteiger partial charge >= 0.3 is 12.0 Å². The zero-order valence-corrected chi connectivity index (χ0v) is 11.9. The fourth-order valence-corrected chi connectivity index (χ4v) is 3.76. The number of fused-ring (bicyclic) bond motifs is 2. The van der Waals surface area contributed by atoms with Gasteiger partial charge in [0.15, 0.2) is 0 Å². The number of aromatic nitrogens is 1. The molecule has 2 fully saturated rings. The van der Waals surface area contributed by atoms with Crippen LogP contribution < -0.4 is 10.2 Å². The molecule has 0 saturated heterocycles. The van der Waals surface area contributed by atoms with Gasteiger partial charge in [-0.1, -0.05) is 0 Å². The van der Waals surface area contributed by atoms with Crippen LogP contribution in [0.3, 0.4) is 0 Å². The van der Waals surface area contributed by atoms with E-state index in [1.807, 2.05) is 0 Å². The fourth-order valence-electron chi connectivity index (χ4n) is 3.76. The van der Waals surface area contributed by atoms with Gasteiger partial charge in [-0.2, -0.15) is 0 Å². The Hall–Kier alpha value is -2.11. The van der Waals surface area contributed by atoms with Crippen LogP contribution in [0.1, 0.15) is 19.3 Å². The Morgan fingerprint density at radius 2 is 2.14 bits per heavy atom. The molecule has 4 unspecified atom stereocenters. The van der Waals surface area contributed by atoms with Crippen molar-refractivity contribution in [1.29, 1.82) is 0 Å². The number of hydrogen-bond acceptors (Lipinski definition) is 3. The van der Waals surface area contributed by atoms with Crippen molar-refractivity contribution < 1.29 is 14.7 Å². The minimum Gasteiger partial charge on any atom is -0.481 e. The summed E-state index contributed by atoms with van der Waals surface area (Å²) in [6.07, 6.45) is 6.14. The average molecular weight is 289 g/mol. The largest absolute Gasteiger partial charge is 0.481 e. The van der Waals surface area contributed by atoms with Crippen LogP contribution in [0.5, 0.6) is 0 Å². The summed E-state index contributed by atoms with van der Waals surface area (Å²) < 4.78 is 0. The normalized spacial score (nSPS) is 30.1. The van der Waals surface area contributed by atoms with E-state index in [4.69, 9.17) is 0 Å². The number of amides is 2. The number of nitrogens with one attached hydrogen (secondary N) is 1. The van der Waals surface area contributed by atoms with E-state index < -0.39 is 11.9 Å². The number of carbonyl (C=O) groups excluding carboxylic acids is 1. The second kappa shape index (κ2) is 5.35. The van der Waals surface area contributed by atoms with Crippen molar-refractivity contribution in [3.8, 4) is 0 Å². The first-order valence-corrected chi connectivity index (χ1v) is 7.25. The Kier molecular flexibility index (Phi) is 3.53. The third-order valence-electron chi connectivity index (χ3n) is 4.83. The first-order valence-electron chi connectivity index (χ1n) is 7.25. The van der Waals surface area contributed by atoms with Crippen molar-refractivity contribution in [1.82, 2.24) is 10.3 Å². The molecule has 0 aliphatic heterocycles. The molecule has 2 aliphatic carbocycles. The number of carboxylic acid groups (broad SMARTS) is 1. The molecular formula is C15H19N3O3. The molecule has 6 nitrogen and oxygen atoms in total. The molecule has 1 aromatic heterocycles. The van der Waals surface area contributed by atoms with Crippen molar-refractivity contribution in [3.63, 3.8) is 0 Å². The van der Waals surface area contributed by atoms with Gasteiger partial charge in [0, 0.05) is 19.3 Å². The predicted octanol–water partition coefficient (Wildman–Crippen LogP) is 1.73. The molecular weight excluding hydrogens is 270 g/mol. The predicted molar refractivity (Wildman–Crippen MR) is 76.9 cm³/mol. The molecule has 3 rings (SSSR count). The molecule has 1 heterocycles. The second-order valence-electron chi connectivity index (χ2n) is 5.94. The molecule has 2 N–H and O–H groups in total. The quantitative estimate of drug-likeness (QED) is 0.887. The Bertz CT molecular complexity index is 548. The van der Waals surface area contributed by atoms with Crippen LogP contribution >= 0.6 is 0 Å². The Labute approximate surface area is 123 Å². The van der Waals surface area contributed by atoms with Crippen LogP contribution in [0.25, 0.3) is 0 Å². The monoisotopic (exact) mass is 289 g/mol. The van der Waals surface area contributed by atoms with Crippen LogP contribution in [0.2, 0.25) is 0 Å². The topological polar surface area (TPSA) is 82.5 Å². The molecule has 2 aliphatic rings. The lowest BCUT2D eigenvalue weighted by molar-refractivity contribution is -0.144. The second-order valence-corrected chi connectivity index (χ2v) is 5.94. The third kappa shape index (κ3) is 2.46. The van der Waals surface area contributed by atoms with Crippen molar-refractivity contribution in [3.05, 3.63) is 24.5 Å². The minimum atomic E-state index is -0.795. The molecule has 0 spiro atoms. The Balaban J connectivity index is 1.71. The summed E-state index contributed by atoms with van der Waals surface area (Å²) in [5.41, 5.74) is 0.685. The van der Waals surface area contributed by atoms with Gasteiger partial charge in [-0.15, -0.1) is 0 Å². The number of carbonyl (C=O) groups is 2. The van der Waals surface area contributed by atoms with Crippen molar-refractivity contribution in [2.24, 2.45) is 17.8 Å². The van der Waals surface area contributed by atoms with E-state index in [0.29, 0.717) is 11.6 Å². The zero-order valence-electron chi connectivity index (χ0n) is 11.9. The van der Waals surface area contributed by atoms with Crippen LogP contribution in [-0.4, -0.2) is 35.2 Å². The van der Waals surface area contributed by atoms with Crippen LogP contribution in [-0.2, 0) is 4.79 Å². The number of carboxylic acids is 1. The highest BCUT2D eigenvalue weighted by atomic mass is 16.4. The number of pyridine rings is 1. The van der Waals surface area contributed by atoms with Gasteiger partial charge in [0.1, 0.15) is 0 Å². The van der Waals surface area contributed by atoms with E-state index in [2.05, 4.69) is 10.3 Å². The maximum Gasteiger partial charge on any atom is 0.321 e. The standard InChI is InChI=1S/C15H19N3O3/c1-18(11-3-2-6-16-8-11)15(21)17-13-10-5-4-9(7-10)12(13)14(19)20/h2-3,6,8-10,12-13H,4-5,7H2,1H3,(H,17,21)(H,19,20). The number of hydrogen-bond donors (Lipinski definition) is 2. The summed E-state index contributed by atoms with van der Waals surface area (Å²) >= 11 is 0. The van der Waals surface area contributed by atoms with Gasteiger partial charge in [-0.25, -0.2) is 4.79 Å². The molecule has 6 heteroatoms. The summed E-state index contributed by atoms with van der Waals surface area (Å²) in [7, 11) is 1.66. The van der Waals surface area contributed by atoms with Gasteiger partial charge in [-0.05, 0) is 43.2 Å². The molecule has 21 heavy (non-hydrogen) atoms. The van der Waals surface area contributed by atoms with E-state index in [1.165, 1.54) is 4.90 Å². The number of nitrogens with zero attached hydrogens (tertiary/aromatic N) is 2. The molecule has 0 radical (unpaired) electrons. The molecule has 1 aromatic rings. The third-order valence-corrected chi connectivity index (χ3v) is 4.83. The Morgan fingerprint density at radius 1 is 1.38 bits per heavy atom. The molecule has 2 saturated carbocycles. The van der Waals surface area contributed by atoms with Gasteiger partial charge in [0.25, 0.3) is 0 Å². The van der Waals surface area contributed by atoms with Gasteiger partial charge in [0.05, 0.1) is 17.8 Å². The van der Waals surface area contributed by atoms with Gasteiger partial charge in [-0.3, -0.25) is 14.7 Å². The van der Waals surface area contributed by atoms with Crippen LogP contribution in [0.4, 0.5) is 10.5 Å². The van der Waals surface area contributed by atoms with Crippen molar-refractivity contribution >= 4 is 17.7 Å². The summed E-state index contributed by atoms with van der Waals surface area (Å²) in [6, 6.07) is 3.03. The van der Waals surface area contributed by atoms with Crippen LogP contribution in [0, 0.1) is 17.8 Å². The maximum atomic E-state index is 12.3. The summed E-state index contributed by atoms with van der Waals surface area (Å²) in [4.78, 5) is 29.2. The first-order chi connectivity index (χ1) is 10.1. The van der Waals surface area contributed by atoms with Crippen molar-refractivity contribution in [2.45, 2.75) is 25.3 Å². The van der Waals surface area contributed by atoms with E-state index in [9.17, 15) is 14.7 Å². The summed E-state index contributed by atoms with van der Waals surface area (Å²) in [6.45, 7) is 0. The molecule has 0 aromatic carbocycles. The van der Waals surface area contributed by atoms with E-state index >= 15 is 0 Å². The highest BCUT2D eigenvalue weighted by molar-refractivity contribution is 5.91. The average Bonchev–Trinajstić information content (AvgIpc) is 3.08. The van der Waals surface area contributed by atoms with Crippen LogP contribution in [0.15, 0.2) is 24.5 Å². The molecule has 112 valence electrons. The Morgan fingerprint density at radius 3 is 2.81 bits per heavy atom. The number of anilines is 1. The zero-order chi connectivity index (χ0) is 15.0. The summed E-state index contributed by atoms with van der Waals surface area (Å²) in [5, 5.41) is 12.3. The highest BCUT2D eigenvalue weighted by Gasteiger charge is 2.51. The number of aliphatic carboxylic acids is 1. The molecule has 2 amide bonds. The highest BCUT2D eigenvalue weighted by Crippen LogP contribution is 2.48. The lowest BCUT2D eigenvalue weighted by Gasteiger charge is -2.30. The molecule has 4 atom stereocenters. The summed E-state index contributed by atoms with van der Waals surface area (Å²) in [5.74, 6) is -0.740. The smallest absolute Gasteiger partial charge is 0.321 e. The van der Waals surface area contributed by atoms with Gasteiger partial charge in [0.2, 0.25) is 0 Å². The maximum absolute atomic E-state index is 12.3. The number of rotatable bonds is 3. The molecule has 2 bridgehead atoms. The van der Waals surface area contributed by atoms with E-state index in [-0.39, 0.29) is 18.0 Å². The van der Waals surface area contributed by atoms with E-state index in [0.717, 1.165) is 19.3 Å². The lowest BCUT2D eigenvalue weighted by Crippen LogP contribution is -2.50. The minimum absolute atomic E-state index is 0.210.